The number of anilines is 3. The number of hydrogen-bond donors (Lipinski definition) is 1. The molecule has 2 fully saturated rings. The van der Waals surface area contributed by atoms with E-state index in [2.05, 4.69) is 61.3 Å². The van der Waals surface area contributed by atoms with Gasteiger partial charge >= 0.3 is 0 Å². The summed E-state index contributed by atoms with van der Waals surface area (Å²) in [5.41, 5.74) is 5.24. The van der Waals surface area contributed by atoms with Crippen molar-refractivity contribution in [3.63, 3.8) is 0 Å². The van der Waals surface area contributed by atoms with Crippen LogP contribution in [0.2, 0.25) is 0 Å². The molecule has 3 aromatic heterocycles. The van der Waals surface area contributed by atoms with E-state index in [0.29, 0.717) is 5.95 Å². The van der Waals surface area contributed by atoms with Crippen LogP contribution in [0, 0.1) is 0 Å². The molecule has 8 nitrogen and oxygen atoms in total. The fourth-order valence-corrected chi connectivity index (χ4v) is 5.25. The Hall–Kier alpha value is -3.49. The second-order valence-corrected chi connectivity index (χ2v) is 9.61. The Labute approximate surface area is 206 Å². The highest BCUT2D eigenvalue weighted by atomic mass is 15.3. The van der Waals surface area contributed by atoms with Gasteiger partial charge in [0.2, 0.25) is 5.95 Å². The van der Waals surface area contributed by atoms with Crippen molar-refractivity contribution < 1.29 is 0 Å². The summed E-state index contributed by atoms with van der Waals surface area (Å²) >= 11 is 0. The summed E-state index contributed by atoms with van der Waals surface area (Å²) in [6.07, 6.45) is 7.96. The first-order valence-electron chi connectivity index (χ1n) is 12.5. The highest BCUT2D eigenvalue weighted by molar-refractivity contribution is 5.66. The van der Waals surface area contributed by atoms with Gasteiger partial charge in [-0.25, -0.2) is 9.50 Å². The van der Waals surface area contributed by atoms with E-state index >= 15 is 0 Å². The van der Waals surface area contributed by atoms with Gasteiger partial charge in [-0.3, -0.25) is 9.88 Å². The highest BCUT2D eigenvalue weighted by Gasteiger charge is 2.26. The molecular weight excluding hydrogens is 436 g/mol. The number of nitrogens with one attached hydrogen (secondary N) is 1. The van der Waals surface area contributed by atoms with Crippen molar-refractivity contribution in [2.75, 3.05) is 56.5 Å². The van der Waals surface area contributed by atoms with Crippen LogP contribution < -0.4 is 10.2 Å². The molecule has 0 bridgehead atoms. The Balaban J connectivity index is 1.10. The fraction of sp³-hybridized carbons (Fsp3) is 0.370. The minimum absolute atomic E-state index is 0.569. The number of fused-ring (bicyclic) bond motifs is 1. The normalized spacial score (nSPS) is 18.3. The second-order valence-electron chi connectivity index (χ2n) is 9.61. The molecule has 2 aliphatic heterocycles. The van der Waals surface area contributed by atoms with Crippen LogP contribution in [0.4, 0.5) is 17.3 Å². The van der Waals surface area contributed by atoms with Gasteiger partial charge in [0, 0.05) is 74.6 Å². The lowest BCUT2D eigenvalue weighted by atomic mass is 10.0. The molecule has 4 aromatic rings. The minimum Gasteiger partial charge on any atom is -0.371 e. The highest BCUT2D eigenvalue weighted by Crippen LogP contribution is 2.26. The zero-order valence-electron chi connectivity index (χ0n) is 20.2. The molecule has 5 heterocycles. The van der Waals surface area contributed by atoms with Crippen molar-refractivity contribution >= 4 is 22.8 Å². The van der Waals surface area contributed by atoms with E-state index in [1.807, 2.05) is 41.2 Å². The van der Waals surface area contributed by atoms with Crippen LogP contribution in [0.1, 0.15) is 12.8 Å². The van der Waals surface area contributed by atoms with Gasteiger partial charge in [0.15, 0.2) is 0 Å². The molecule has 6 rings (SSSR count). The number of likely N-dealkylation sites (N-methyl/N-ethyl adjacent to an activating group) is 1. The molecule has 35 heavy (non-hydrogen) atoms. The predicted octanol–water partition coefficient (Wildman–Crippen LogP) is 3.75. The average Bonchev–Trinajstić information content (AvgIpc) is 3.34. The van der Waals surface area contributed by atoms with Crippen LogP contribution in [0.15, 0.2) is 67.1 Å². The van der Waals surface area contributed by atoms with Gasteiger partial charge in [-0.1, -0.05) is 0 Å². The maximum absolute atomic E-state index is 4.73. The Morgan fingerprint density at radius 2 is 1.66 bits per heavy atom. The van der Waals surface area contributed by atoms with Gasteiger partial charge in [-0.2, -0.15) is 0 Å². The van der Waals surface area contributed by atoms with Crippen molar-refractivity contribution in [1.29, 1.82) is 0 Å². The number of rotatable bonds is 5. The van der Waals surface area contributed by atoms with Gasteiger partial charge in [0.1, 0.15) is 0 Å². The lowest BCUT2D eigenvalue weighted by Crippen LogP contribution is -2.52. The molecule has 0 atom stereocenters. The number of pyridine rings is 1. The van der Waals surface area contributed by atoms with Crippen LogP contribution in [0.5, 0.6) is 0 Å². The van der Waals surface area contributed by atoms with E-state index in [1.165, 1.54) is 44.7 Å². The van der Waals surface area contributed by atoms with Crippen LogP contribution in [-0.4, -0.2) is 81.7 Å². The monoisotopic (exact) mass is 468 g/mol. The van der Waals surface area contributed by atoms with E-state index in [-0.39, 0.29) is 0 Å². The number of piperazine rings is 1. The molecule has 0 radical (unpaired) electrons. The third-order valence-corrected chi connectivity index (χ3v) is 7.36. The second kappa shape index (κ2) is 9.64. The Kier molecular flexibility index (Phi) is 6.06. The number of aromatic nitrogens is 4. The van der Waals surface area contributed by atoms with Gasteiger partial charge in [-0.05, 0) is 68.4 Å². The number of nitrogens with zero attached hydrogens (tertiary/aromatic N) is 7. The summed E-state index contributed by atoms with van der Waals surface area (Å²) in [5.74, 6) is 0.569. The molecular formula is C27H32N8. The lowest BCUT2D eigenvalue weighted by molar-refractivity contribution is 0.0982. The van der Waals surface area contributed by atoms with E-state index in [1.54, 1.807) is 6.20 Å². The van der Waals surface area contributed by atoms with E-state index in [9.17, 15) is 0 Å². The van der Waals surface area contributed by atoms with Gasteiger partial charge < -0.3 is 15.1 Å². The maximum atomic E-state index is 4.73. The number of hydrogen-bond acceptors (Lipinski definition) is 7. The zero-order chi connectivity index (χ0) is 23.6. The summed E-state index contributed by atoms with van der Waals surface area (Å²) in [4.78, 5) is 16.4. The largest absolute Gasteiger partial charge is 0.371 e. The molecule has 180 valence electrons. The molecule has 0 amide bonds. The molecule has 1 aromatic carbocycles. The van der Waals surface area contributed by atoms with Crippen molar-refractivity contribution in [3.05, 3.63) is 67.1 Å². The minimum atomic E-state index is 0.569. The Morgan fingerprint density at radius 3 is 2.40 bits per heavy atom. The number of piperidine rings is 1. The van der Waals surface area contributed by atoms with Crippen LogP contribution in [-0.2, 0) is 0 Å². The van der Waals surface area contributed by atoms with Gasteiger partial charge in [0.25, 0.3) is 0 Å². The predicted molar refractivity (Wildman–Crippen MR) is 140 cm³/mol. The van der Waals surface area contributed by atoms with Crippen molar-refractivity contribution in [1.82, 2.24) is 29.4 Å². The fourth-order valence-electron chi connectivity index (χ4n) is 5.25. The van der Waals surface area contributed by atoms with E-state index in [0.717, 1.165) is 41.6 Å². The summed E-state index contributed by atoms with van der Waals surface area (Å²) < 4.78 is 1.91. The summed E-state index contributed by atoms with van der Waals surface area (Å²) in [7, 11) is 2.23. The molecule has 2 saturated heterocycles. The quantitative estimate of drug-likeness (QED) is 0.479. The standard InChI is InChI=1S/C27H32N8/c1-32-15-17-34(18-16-32)24-10-13-33(14-11-24)23-6-4-22(5-7-23)30-27-29-20-25-8-9-26(35(25)31-27)21-3-2-12-28-19-21/h2-9,12,19-20,24H,10-11,13-18H2,1H3,(H,30,31). The first-order chi connectivity index (χ1) is 17.2. The van der Waals surface area contributed by atoms with E-state index in [4.69, 9.17) is 5.10 Å². The van der Waals surface area contributed by atoms with Crippen molar-refractivity contribution in [3.8, 4) is 11.3 Å². The average molecular weight is 469 g/mol. The molecule has 2 aliphatic rings. The Morgan fingerprint density at radius 1 is 0.857 bits per heavy atom. The molecule has 1 N–H and O–H groups in total. The maximum Gasteiger partial charge on any atom is 0.245 e. The van der Waals surface area contributed by atoms with E-state index < -0.39 is 0 Å². The number of benzene rings is 1. The van der Waals surface area contributed by atoms with Crippen LogP contribution in [0.25, 0.3) is 16.8 Å². The van der Waals surface area contributed by atoms with Crippen molar-refractivity contribution in [2.24, 2.45) is 0 Å². The third kappa shape index (κ3) is 4.72. The molecule has 0 saturated carbocycles. The molecule has 0 aliphatic carbocycles. The molecule has 0 spiro atoms. The smallest absolute Gasteiger partial charge is 0.245 e. The first-order valence-corrected chi connectivity index (χ1v) is 12.5. The summed E-state index contributed by atoms with van der Waals surface area (Å²) in [6.45, 7) is 7.05. The van der Waals surface area contributed by atoms with Crippen molar-refractivity contribution in [2.45, 2.75) is 18.9 Å². The first kappa shape index (κ1) is 22.0. The summed E-state index contributed by atoms with van der Waals surface area (Å²) in [6, 6.07) is 17.4. The summed E-state index contributed by atoms with van der Waals surface area (Å²) in [5, 5.41) is 8.09. The molecule has 8 heteroatoms. The SMILES string of the molecule is CN1CCN(C2CCN(c3ccc(Nc4ncc5ccc(-c6cccnc6)n5n4)cc3)CC2)CC1. The van der Waals surface area contributed by atoms with Crippen LogP contribution >= 0.6 is 0 Å². The third-order valence-electron chi connectivity index (χ3n) is 7.36. The zero-order valence-corrected chi connectivity index (χ0v) is 20.2. The Bertz CT molecular complexity index is 1250. The molecule has 0 unspecified atom stereocenters. The van der Waals surface area contributed by atoms with Gasteiger partial charge in [0.05, 0.1) is 17.4 Å². The van der Waals surface area contributed by atoms with Gasteiger partial charge in [-0.15, -0.1) is 5.10 Å². The lowest BCUT2D eigenvalue weighted by Gasteiger charge is -2.42. The van der Waals surface area contributed by atoms with Crippen LogP contribution in [0.3, 0.4) is 0 Å². The topological polar surface area (TPSA) is 64.8 Å².